The lowest BCUT2D eigenvalue weighted by molar-refractivity contribution is 0.133. The lowest BCUT2D eigenvalue weighted by Crippen LogP contribution is -2.13. The summed E-state index contributed by atoms with van der Waals surface area (Å²) >= 11 is 0. The minimum absolute atomic E-state index is 0.793. The van der Waals surface area contributed by atoms with E-state index in [-0.39, 0.29) is 0 Å². The number of nitrogens with one attached hydrogen (secondary N) is 1. The molecule has 0 aromatic heterocycles. The Morgan fingerprint density at radius 1 is 0.553 bits per heavy atom. The summed E-state index contributed by atoms with van der Waals surface area (Å²) in [6.45, 7) is 18.3. The number of rotatable bonds is 31. The highest BCUT2D eigenvalue weighted by atomic mass is 16.5. The fourth-order valence-electron chi connectivity index (χ4n) is 6.21. The van der Waals surface area contributed by atoms with Gasteiger partial charge in [0.25, 0.3) is 0 Å². The molecule has 38 heavy (non-hydrogen) atoms. The Morgan fingerprint density at radius 3 is 1.61 bits per heavy atom. The normalized spacial score (nSPS) is 14.8. The summed E-state index contributed by atoms with van der Waals surface area (Å²) in [6.07, 6.45) is 33.0. The molecule has 0 aromatic rings. The number of unbranched alkanes of at least 4 members (excludes halogenated alkanes) is 7. The van der Waals surface area contributed by atoms with Crippen LogP contribution >= 0.6 is 0 Å². The average Bonchev–Trinajstić information content (AvgIpc) is 2.93. The van der Waals surface area contributed by atoms with Gasteiger partial charge in [-0.2, -0.15) is 0 Å². The van der Waals surface area contributed by atoms with Crippen molar-refractivity contribution >= 4 is 0 Å². The summed E-state index contributed by atoms with van der Waals surface area (Å²) in [6, 6.07) is 0. The van der Waals surface area contributed by atoms with Gasteiger partial charge in [-0.3, -0.25) is 0 Å². The molecule has 4 unspecified atom stereocenters. The average molecular weight is 536 g/mol. The Kier molecular flexibility index (Phi) is 29.1. The van der Waals surface area contributed by atoms with E-state index in [2.05, 4.69) is 46.5 Å². The second-order valence-corrected chi connectivity index (χ2v) is 12.5. The summed E-state index contributed by atoms with van der Waals surface area (Å²) in [4.78, 5) is 0. The molecule has 1 N–H and O–H groups in total. The van der Waals surface area contributed by atoms with Crippen molar-refractivity contribution in [2.24, 2.45) is 23.7 Å². The molecule has 0 radical (unpaired) electrons. The highest BCUT2D eigenvalue weighted by molar-refractivity contribution is 4.65. The third-order valence-corrected chi connectivity index (χ3v) is 9.22. The van der Waals surface area contributed by atoms with Crippen LogP contribution in [0.15, 0.2) is 12.8 Å². The molecule has 0 bridgehead atoms. The summed E-state index contributed by atoms with van der Waals surface area (Å²) in [7, 11) is 0. The maximum absolute atomic E-state index is 5.62. The highest BCUT2D eigenvalue weighted by Crippen LogP contribution is 2.26. The smallest absolute Gasteiger partial charge is 0.0638 e. The van der Waals surface area contributed by atoms with Crippen molar-refractivity contribution in [1.82, 2.24) is 5.32 Å². The van der Waals surface area contributed by atoms with Crippen molar-refractivity contribution in [1.29, 1.82) is 0 Å². The molecule has 0 aliphatic rings. The molecule has 0 rings (SSSR count). The van der Waals surface area contributed by atoms with Crippen LogP contribution in [0.5, 0.6) is 0 Å². The molecule has 0 aliphatic heterocycles. The topological polar surface area (TPSA) is 21.3 Å². The van der Waals surface area contributed by atoms with Gasteiger partial charge >= 0.3 is 0 Å². The first-order valence-corrected chi connectivity index (χ1v) is 17.5. The summed E-state index contributed by atoms with van der Waals surface area (Å²) < 4.78 is 5.62. The van der Waals surface area contributed by atoms with Gasteiger partial charge < -0.3 is 10.1 Å². The SMILES string of the molecule is C=CNCCOCCCCCCCCC(CC)CCCCCC(CC)CCCC(C)CCC(CC)CCC. The van der Waals surface area contributed by atoms with Crippen molar-refractivity contribution in [2.75, 3.05) is 19.8 Å². The monoisotopic (exact) mass is 536 g/mol. The molecule has 228 valence electrons. The minimum Gasteiger partial charge on any atom is -0.389 e. The second kappa shape index (κ2) is 29.5. The van der Waals surface area contributed by atoms with Crippen LogP contribution in [0.3, 0.4) is 0 Å². The molecule has 0 fully saturated rings. The molecule has 0 aromatic carbocycles. The van der Waals surface area contributed by atoms with Gasteiger partial charge in [-0.15, -0.1) is 0 Å². The fraction of sp³-hybridized carbons (Fsp3) is 0.944. The van der Waals surface area contributed by atoms with E-state index in [1.165, 1.54) is 141 Å². The molecule has 2 nitrogen and oxygen atoms in total. The first-order chi connectivity index (χ1) is 18.6. The Bertz CT molecular complexity index is 464. The van der Waals surface area contributed by atoms with Crippen molar-refractivity contribution in [3.8, 4) is 0 Å². The zero-order chi connectivity index (χ0) is 28.1. The summed E-state index contributed by atoms with van der Waals surface area (Å²) in [5.41, 5.74) is 0. The quantitative estimate of drug-likeness (QED) is 0.0891. The van der Waals surface area contributed by atoms with Gasteiger partial charge in [0.15, 0.2) is 0 Å². The van der Waals surface area contributed by atoms with E-state index in [1.807, 2.05) is 0 Å². The zero-order valence-electron chi connectivity index (χ0n) is 27.2. The molecule has 0 aliphatic carbocycles. The van der Waals surface area contributed by atoms with Gasteiger partial charge in [-0.25, -0.2) is 0 Å². The third kappa shape index (κ3) is 24.5. The van der Waals surface area contributed by atoms with Crippen LogP contribution in [-0.4, -0.2) is 19.8 Å². The Balaban J connectivity index is 3.68. The summed E-state index contributed by atoms with van der Waals surface area (Å²) in [5, 5.41) is 3.07. The van der Waals surface area contributed by atoms with Gasteiger partial charge in [-0.05, 0) is 36.3 Å². The van der Waals surface area contributed by atoms with Crippen LogP contribution in [0.4, 0.5) is 0 Å². The van der Waals surface area contributed by atoms with E-state index in [4.69, 9.17) is 4.74 Å². The first kappa shape index (κ1) is 37.5. The Hall–Kier alpha value is -0.500. The fourth-order valence-corrected chi connectivity index (χ4v) is 6.21. The third-order valence-electron chi connectivity index (χ3n) is 9.22. The molecule has 0 saturated heterocycles. The van der Waals surface area contributed by atoms with Crippen LogP contribution in [0.2, 0.25) is 0 Å². The van der Waals surface area contributed by atoms with Crippen LogP contribution in [0, 0.1) is 23.7 Å². The summed E-state index contributed by atoms with van der Waals surface area (Å²) in [5.74, 6) is 3.86. The van der Waals surface area contributed by atoms with Gasteiger partial charge in [0.1, 0.15) is 0 Å². The van der Waals surface area contributed by atoms with Gasteiger partial charge in [-0.1, -0.05) is 176 Å². The predicted molar refractivity (Wildman–Crippen MR) is 173 cm³/mol. The van der Waals surface area contributed by atoms with E-state index < -0.39 is 0 Å². The lowest BCUT2D eigenvalue weighted by atomic mass is 9.87. The highest BCUT2D eigenvalue weighted by Gasteiger charge is 2.11. The van der Waals surface area contributed by atoms with Crippen molar-refractivity contribution < 1.29 is 4.74 Å². The Labute approximate surface area is 241 Å². The first-order valence-electron chi connectivity index (χ1n) is 17.5. The molecule has 2 heteroatoms. The largest absolute Gasteiger partial charge is 0.389 e. The number of hydrogen-bond donors (Lipinski definition) is 1. The van der Waals surface area contributed by atoms with E-state index in [0.717, 1.165) is 43.4 Å². The van der Waals surface area contributed by atoms with Crippen LogP contribution in [-0.2, 0) is 4.74 Å². The van der Waals surface area contributed by atoms with Crippen molar-refractivity contribution in [3.63, 3.8) is 0 Å². The number of hydrogen-bond acceptors (Lipinski definition) is 2. The molecule has 0 spiro atoms. The van der Waals surface area contributed by atoms with Crippen molar-refractivity contribution in [3.05, 3.63) is 12.8 Å². The second-order valence-electron chi connectivity index (χ2n) is 12.5. The molecule has 0 heterocycles. The molecular formula is C36H73NO. The zero-order valence-corrected chi connectivity index (χ0v) is 27.2. The number of ether oxygens (including phenoxy) is 1. The van der Waals surface area contributed by atoms with E-state index in [0.29, 0.717) is 0 Å². The predicted octanol–water partition coefficient (Wildman–Crippen LogP) is 11.9. The van der Waals surface area contributed by atoms with Gasteiger partial charge in [0.2, 0.25) is 0 Å². The lowest BCUT2D eigenvalue weighted by Gasteiger charge is -2.19. The molecule has 0 saturated carbocycles. The van der Waals surface area contributed by atoms with Crippen LogP contribution < -0.4 is 5.32 Å². The van der Waals surface area contributed by atoms with Gasteiger partial charge in [0.05, 0.1) is 6.61 Å². The Morgan fingerprint density at radius 2 is 1.05 bits per heavy atom. The van der Waals surface area contributed by atoms with Crippen LogP contribution in [0.25, 0.3) is 0 Å². The molecule has 0 amide bonds. The van der Waals surface area contributed by atoms with E-state index in [9.17, 15) is 0 Å². The van der Waals surface area contributed by atoms with Gasteiger partial charge in [0, 0.05) is 13.2 Å². The minimum atomic E-state index is 0.793. The van der Waals surface area contributed by atoms with Crippen LogP contribution in [0.1, 0.15) is 176 Å². The van der Waals surface area contributed by atoms with E-state index >= 15 is 0 Å². The molecule has 4 atom stereocenters. The van der Waals surface area contributed by atoms with E-state index in [1.54, 1.807) is 6.20 Å². The standard InChI is InChI=1S/C36H73NO/c1-7-22-34(8-2)29-28-33(6)23-21-27-36(10-4)26-19-16-18-25-35(9-3)24-17-14-12-13-15-20-31-38-32-30-37-11-5/h11,33-37H,5,7-10,12-32H2,1-4,6H3. The maximum Gasteiger partial charge on any atom is 0.0638 e. The van der Waals surface area contributed by atoms with Crippen molar-refractivity contribution in [2.45, 2.75) is 176 Å². The maximum atomic E-state index is 5.62. The molecular weight excluding hydrogens is 462 g/mol.